The maximum Gasteiger partial charge on any atom is 0.339 e. The van der Waals surface area contributed by atoms with Gasteiger partial charge >= 0.3 is 18.0 Å². The van der Waals surface area contributed by atoms with Crippen molar-refractivity contribution in [2.24, 2.45) is 0 Å². The number of aromatic nitrogens is 1. The maximum absolute atomic E-state index is 13.0. The van der Waals surface area contributed by atoms with Gasteiger partial charge in [-0.15, -0.1) is 0 Å². The zero-order valence-corrected chi connectivity index (χ0v) is 17.5. The molecule has 0 saturated carbocycles. The molecule has 1 aliphatic heterocycles. The van der Waals surface area contributed by atoms with E-state index in [4.69, 9.17) is 13.9 Å². The average Bonchev–Trinajstić information content (AvgIpc) is 3.31. The molecule has 3 aromatic rings. The number of nitrogens with zero attached hydrogens (tertiary/aromatic N) is 1. The average molecular weight is 435 g/mol. The van der Waals surface area contributed by atoms with Gasteiger partial charge in [-0.25, -0.2) is 19.4 Å². The first kappa shape index (κ1) is 21.1. The number of urea groups is 1. The fourth-order valence-corrected chi connectivity index (χ4v) is 3.50. The largest absolute Gasteiger partial charge is 0.463 e. The summed E-state index contributed by atoms with van der Waals surface area (Å²) in [7, 11) is 0. The molecule has 0 bridgehead atoms. The van der Waals surface area contributed by atoms with Gasteiger partial charge in [0.25, 0.3) is 0 Å². The third-order valence-corrected chi connectivity index (χ3v) is 4.92. The molecule has 1 unspecified atom stereocenters. The second kappa shape index (κ2) is 8.93. The second-order valence-electron chi connectivity index (χ2n) is 7.06. The molecule has 1 aromatic carbocycles. The Hall–Kier alpha value is -4.14. The van der Waals surface area contributed by atoms with Crippen LogP contribution < -0.4 is 10.6 Å². The van der Waals surface area contributed by atoms with Gasteiger partial charge in [0.15, 0.2) is 5.76 Å². The van der Waals surface area contributed by atoms with Crippen LogP contribution >= 0.6 is 0 Å². The highest BCUT2D eigenvalue weighted by Gasteiger charge is 2.30. The predicted molar refractivity (Wildman–Crippen MR) is 115 cm³/mol. The summed E-state index contributed by atoms with van der Waals surface area (Å²) in [4.78, 5) is 41.9. The summed E-state index contributed by atoms with van der Waals surface area (Å²) in [5.41, 5.74) is 1.75. The van der Waals surface area contributed by atoms with Crippen LogP contribution in [0.25, 0.3) is 22.4 Å². The van der Waals surface area contributed by atoms with Gasteiger partial charge in [-0.3, -0.25) is 0 Å². The highest BCUT2D eigenvalue weighted by Crippen LogP contribution is 2.26. The van der Waals surface area contributed by atoms with Crippen molar-refractivity contribution in [2.75, 3.05) is 13.2 Å². The van der Waals surface area contributed by atoms with E-state index in [1.54, 1.807) is 50.2 Å². The second-order valence-corrected chi connectivity index (χ2v) is 7.06. The zero-order valence-electron chi connectivity index (χ0n) is 17.5. The molecular formula is C23H21N3O6. The molecule has 0 saturated heterocycles. The smallest absolute Gasteiger partial charge is 0.339 e. The van der Waals surface area contributed by atoms with Crippen molar-refractivity contribution in [3.8, 4) is 11.5 Å². The molecule has 0 fully saturated rings. The number of carbonyl (C=O) groups is 3. The number of ether oxygens (including phenoxy) is 2. The van der Waals surface area contributed by atoms with Crippen LogP contribution in [0.5, 0.6) is 0 Å². The van der Waals surface area contributed by atoms with E-state index < -0.39 is 24.0 Å². The Morgan fingerprint density at radius 3 is 2.69 bits per heavy atom. The summed E-state index contributed by atoms with van der Waals surface area (Å²) >= 11 is 0. The number of rotatable bonds is 6. The number of hydrogen-bond acceptors (Lipinski definition) is 7. The molecular weight excluding hydrogens is 414 g/mol. The number of amides is 2. The van der Waals surface area contributed by atoms with Gasteiger partial charge < -0.3 is 24.5 Å². The molecule has 2 aromatic heterocycles. The summed E-state index contributed by atoms with van der Waals surface area (Å²) in [5.74, 6) is -0.711. The Balaban J connectivity index is 1.66. The number of para-hydroxylation sites is 1. The lowest BCUT2D eigenvalue weighted by atomic mass is 10.0. The third kappa shape index (κ3) is 4.18. The topological polar surface area (TPSA) is 120 Å². The van der Waals surface area contributed by atoms with Gasteiger partial charge in [-0.05, 0) is 38.1 Å². The quantitative estimate of drug-likeness (QED) is 0.571. The molecule has 2 N–H and O–H groups in total. The molecule has 9 heteroatoms. The van der Waals surface area contributed by atoms with Crippen molar-refractivity contribution in [2.45, 2.75) is 19.9 Å². The molecule has 2 amide bonds. The van der Waals surface area contributed by atoms with Crippen LogP contribution in [-0.4, -0.2) is 42.2 Å². The molecule has 32 heavy (non-hydrogen) atoms. The number of nitrogens with one attached hydrogen (secondary N) is 2. The van der Waals surface area contributed by atoms with Gasteiger partial charge in [0.2, 0.25) is 0 Å². The first-order chi connectivity index (χ1) is 15.5. The normalized spacial score (nSPS) is 15.8. The summed E-state index contributed by atoms with van der Waals surface area (Å²) in [6.07, 6.45) is 1.52. The van der Waals surface area contributed by atoms with Gasteiger partial charge in [0.1, 0.15) is 12.3 Å². The Morgan fingerprint density at radius 1 is 1.12 bits per heavy atom. The fourth-order valence-electron chi connectivity index (χ4n) is 3.50. The molecule has 0 radical (unpaired) electrons. The first-order valence-corrected chi connectivity index (χ1v) is 10.1. The lowest BCUT2D eigenvalue weighted by Crippen LogP contribution is -2.50. The molecule has 3 heterocycles. The lowest BCUT2D eigenvalue weighted by Gasteiger charge is -2.26. The van der Waals surface area contributed by atoms with Crippen molar-refractivity contribution < 1.29 is 28.3 Å². The minimum Gasteiger partial charge on any atom is -0.463 e. The third-order valence-electron chi connectivity index (χ3n) is 4.92. The lowest BCUT2D eigenvalue weighted by molar-refractivity contribution is -0.139. The van der Waals surface area contributed by atoms with Gasteiger partial charge in [0.05, 0.1) is 41.3 Å². The molecule has 4 rings (SSSR count). The van der Waals surface area contributed by atoms with Crippen LogP contribution in [0.2, 0.25) is 0 Å². The van der Waals surface area contributed by atoms with Crippen LogP contribution in [0.15, 0.2) is 64.4 Å². The Bertz CT molecular complexity index is 1220. The molecule has 0 aliphatic carbocycles. The highest BCUT2D eigenvalue weighted by atomic mass is 16.5. The molecule has 0 spiro atoms. The van der Waals surface area contributed by atoms with E-state index in [1.165, 1.54) is 6.26 Å². The number of hydrogen-bond donors (Lipinski definition) is 2. The van der Waals surface area contributed by atoms with E-state index in [2.05, 4.69) is 15.6 Å². The minimum atomic E-state index is -0.632. The number of benzene rings is 1. The maximum atomic E-state index is 13.0. The number of furan rings is 1. The van der Waals surface area contributed by atoms with E-state index in [-0.39, 0.29) is 30.0 Å². The monoisotopic (exact) mass is 435 g/mol. The highest BCUT2D eigenvalue weighted by molar-refractivity contribution is 6.04. The SMILES string of the molecule is CCOC(=O)C1=C(COC(=O)c2cc(-c3ccco3)nc3ccccc23)NC(=O)NC1C. The Labute approximate surface area is 183 Å². The van der Waals surface area contributed by atoms with Crippen LogP contribution in [0.4, 0.5) is 4.79 Å². The molecule has 164 valence electrons. The van der Waals surface area contributed by atoms with Crippen LogP contribution in [-0.2, 0) is 14.3 Å². The summed E-state index contributed by atoms with van der Waals surface area (Å²) < 4.78 is 16.0. The van der Waals surface area contributed by atoms with Crippen molar-refractivity contribution in [1.29, 1.82) is 0 Å². The Morgan fingerprint density at radius 2 is 1.94 bits per heavy atom. The van der Waals surface area contributed by atoms with Crippen molar-refractivity contribution in [3.63, 3.8) is 0 Å². The number of esters is 2. The van der Waals surface area contributed by atoms with Crippen molar-refractivity contribution in [1.82, 2.24) is 15.6 Å². The van der Waals surface area contributed by atoms with Crippen LogP contribution in [0.1, 0.15) is 24.2 Å². The summed E-state index contributed by atoms with van der Waals surface area (Å²) in [6, 6.07) is 11.1. The fraction of sp³-hybridized carbons (Fsp3) is 0.217. The number of fused-ring (bicyclic) bond motifs is 1. The van der Waals surface area contributed by atoms with E-state index in [0.29, 0.717) is 22.4 Å². The number of carbonyl (C=O) groups excluding carboxylic acids is 3. The molecule has 1 aliphatic rings. The van der Waals surface area contributed by atoms with Gasteiger partial charge in [0, 0.05) is 5.39 Å². The first-order valence-electron chi connectivity index (χ1n) is 10.1. The predicted octanol–water partition coefficient (Wildman–Crippen LogP) is 3.17. The number of pyridine rings is 1. The van der Waals surface area contributed by atoms with Crippen LogP contribution in [0, 0.1) is 0 Å². The summed E-state index contributed by atoms with van der Waals surface area (Å²) in [6.45, 7) is 3.20. The van der Waals surface area contributed by atoms with Crippen molar-refractivity contribution >= 4 is 28.9 Å². The molecule has 9 nitrogen and oxygen atoms in total. The van der Waals surface area contributed by atoms with E-state index >= 15 is 0 Å². The van der Waals surface area contributed by atoms with Crippen LogP contribution in [0.3, 0.4) is 0 Å². The van der Waals surface area contributed by atoms with Crippen molar-refractivity contribution in [3.05, 3.63) is 65.6 Å². The zero-order chi connectivity index (χ0) is 22.7. The van der Waals surface area contributed by atoms with E-state index in [9.17, 15) is 14.4 Å². The Kier molecular flexibility index (Phi) is 5.89. The van der Waals surface area contributed by atoms with E-state index in [0.717, 1.165) is 0 Å². The standard InChI is InChI=1S/C23H21N3O6/c1-3-30-22(28)20-13(2)24-23(29)26-18(20)12-32-21(27)15-11-17(19-9-6-10-31-19)25-16-8-5-4-7-14(15)16/h4-11,13H,3,12H2,1-2H3,(H2,24,26,29). The van der Waals surface area contributed by atoms with Gasteiger partial charge in [-0.2, -0.15) is 0 Å². The van der Waals surface area contributed by atoms with E-state index in [1.807, 2.05) is 6.07 Å². The molecule has 1 atom stereocenters. The summed E-state index contributed by atoms with van der Waals surface area (Å²) in [5, 5.41) is 5.74. The minimum absolute atomic E-state index is 0.175. The van der Waals surface area contributed by atoms with Gasteiger partial charge in [-0.1, -0.05) is 18.2 Å².